The second-order valence-corrected chi connectivity index (χ2v) is 12.2. The molecule has 0 saturated heterocycles. The summed E-state index contributed by atoms with van der Waals surface area (Å²) in [6.07, 6.45) is 32.6. The largest absolute Gasteiger partial charge is 0.393 e. The molecule has 0 aromatic carbocycles. The molecule has 0 unspecified atom stereocenters. The normalized spacial score (nSPS) is 11.3. The Morgan fingerprint density at radius 1 is 0.349 bits per heavy atom. The van der Waals surface area contributed by atoms with Crippen molar-refractivity contribution in [2.75, 3.05) is 41.0 Å². The van der Waals surface area contributed by atoms with E-state index in [9.17, 15) is 9.59 Å². The highest BCUT2D eigenvalue weighted by Crippen LogP contribution is 2.15. The average molecular weight is 615 g/mol. The molecule has 0 amide bonds. The van der Waals surface area contributed by atoms with Gasteiger partial charge in [0.1, 0.15) is 13.6 Å². The van der Waals surface area contributed by atoms with Crippen LogP contribution in [0.15, 0.2) is 0 Å². The zero-order valence-electron chi connectivity index (χ0n) is 28.5. The average Bonchev–Trinajstić information content (AvgIpc) is 3.00. The lowest BCUT2D eigenvalue weighted by Crippen LogP contribution is -2.11. The van der Waals surface area contributed by atoms with E-state index in [2.05, 4.69) is 0 Å². The van der Waals surface area contributed by atoms with Crippen molar-refractivity contribution in [3.63, 3.8) is 0 Å². The van der Waals surface area contributed by atoms with E-state index in [0.29, 0.717) is 26.4 Å². The second kappa shape index (κ2) is 37.2. The Bertz CT molecular complexity index is 522. The van der Waals surface area contributed by atoms with Crippen molar-refractivity contribution >= 4 is 11.9 Å². The lowest BCUT2D eigenvalue weighted by molar-refractivity contribution is -0.159. The summed E-state index contributed by atoms with van der Waals surface area (Å²) in [6.45, 7) is 2.43. The van der Waals surface area contributed by atoms with E-state index in [4.69, 9.17) is 23.7 Å². The van der Waals surface area contributed by atoms with Crippen LogP contribution in [-0.2, 0) is 33.3 Å². The molecule has 0 aliphatic carbocycles. The minimum absolute atomic E-state index is 0.344. The van der Waals surface area contributed by atoms with Crippen LogP contribution in [-0.4, -0.2) is 53.0 Å². The van der Waals surface area contributed by atoms with Gasteiger partial charge in [-0.3, -0.25) is 9.59 Å². The van der Waals surface area contributed by atoms with Crippen LogP contribution in [0, 0.1) is 0 Å². The molecule has 0 radical (unpaired) electrons. The van der Waals surface area contributed by atoms with Crippen molar-refractivity contribution in [1.82, 2.24) is 0 Å². The van der Waals surface area contributed by atoms with Crippen molar-refractivity contribution in [3.05, 3.63) is 0 Å². The summed E-state index contributed by atoms with van der Waals surface area (Å²) in [5.41, 5.74) is 0. The van der Waals surface area contributed by atoms with Gasteiger partial charge in [0, 0.05) is 40.3 Å². The van der Waals surface area contributed by atoms with Gasteiger partial charge in [-0.15, -0.1) is 0 Å². The standard InChI is InChI=1S/C36H70O7/c1-39-33-41-31-27-23-19-15-11-7-3-5-9-13-17-21-25-29-35(37)43-36(38)30-26-22-18-14-10-6-4-8-12-16-20-24-28-32-42-34-40-2/h3-34H2,1-2H3. The summed E-state index contributed by atoms with van der Waals surface area (Å²) in [5.74, 6) is -0.688. The number of rotatable bonds is 36. The summed E-state index contributed by atoms with van der Waals surface area (Å²) in [5, 5.41) is 0. The third-order valence-electron chi connectivity index (χ3n) is 7.97. The smallest absolute Gasteiger partial charge is 0.313 e. The Balaban J connectivity index is 3.26. The van der Waals surface area contributed by atoms with Gasteiger partial charge in [0.15, 0.2) is 0 Å². The quantitative estimate of drug-likeness (QED) is 0.0300. The van der Waals surface area contributed by atoms with Gasteiger partial charge in [-0.2, -0.15) is 0 Å². The maximum Gasteiger partial charge on any atom is 0.313 e. The van der Waals surface area contributed by atoms with Crippen molar-refractivity contribution in [2.45, 2.75) is 180 Å². The Labute approximate surface area is 265 Å². The molecule has 0 N–H and O–H groups in total. The monoisotopic (exact) mass is 615 g/mol. The van der Waals surface area contributed by atoms with Gasteiger partial charge in [0.25, 0.3) is 0 Å². The molecule has 0 spiro atoms. The Morgan fingerprint density at radius 2 is 0.581 bits per heavy atom. The summed E-state index contributed by atoms with van der Waals surface area (Å²) in [6, 6.07) is 0. The molecule has 0 aliphatic rings. The first-order valence-corrected chi connectivity index (χ1v) is 18.1. The van der Waals surface area contributed by atoms with Crippen molar-refractivity contribution in [2.24, 2.45) is 0 Å². The van der Waals surface area contributed by atoms with Gasteiger partial charge in [-0.05, 0) is 25.7 Å². The van der Waals surface area contributed by atoms with Crippen LogP contribution in [0.3, 0.4) is 0 Å². The minimum atomic E-state index is -0.344. The Morgan fingerprint density at radius 3 is 0.837 bits per heavy atom. The molecule has 7 heteroatoms. The maximum atomic E-state index is 11.9. The van der Waals surface area contributed by atoms with Crippen molar-refractivity contribution in [1.29, 1.82) is 0 Å². The molecule has 0 rings (SSSR count). The number of hydrogen-bond acceptors (Lipinski definition) is 7. The number of unbranched alkanes of at least 4 members (excludes halogenated alkanes) is 24. The Kier molecular flexibility index (Phi) is 36.3. The number of methoxy groups -OCH3 is 2. The van der Waals surface area contributed by atoms with Gasteiger partial charge in [-0.1, -0.05) is 141 Å². The van der Waals surface area contributed by atoms with E-state index in [0.717, 1.165) is 51.7 Å². The SMILES string of the molecule is COCOCCCCCCCCCCCCCCCC(=O)OC(=O)CCCCCCCCCCCCCCCOCOC. The lowest BCUT2D eigenvalue weighted by atomic mass is 10.0. The van der Waals surface area contributed by atoms with Crippen LogP contribution in [0.2, 0.25) is 0 Å². The first-order chi connectivity index (χ1) is 21.2. The molecule has 0 aromatic heterocycles. The summed E-state index contributed by atoms with van der Waals surface area (Å²) in [7, 11) is 3.31. The first kappa shape index (κ1) is 42.0. The van der Waals surface area contributed by atoms with E-state index in [1.54, 1.807) is 14.2 Å². The van der Waals surface area contributed by atoms with Crippen molar-refractivity contribution < 1.29 is 33.3 Å². The van der Waals surface area contributed by atoms with Crippen LogP contribution in [0.1, 0.15) is 180 Å². The van der Waals surface area contributed by atoms with Crippen molar-refractivity contribution in [3.8, 4) is 0 Å². The number of ether oxygens (including phenoxy) is 5. The molecular weight excluding hydrogens is 544 g/mol. The fourth-order valence-corrected chi connectivity index (χ4v) is 5.35. The van der Waals surface area contributed by atoms with E-state index in [1.165, 1.54) is 128 Å². The van der Waals surface area contributed by atoms with Gasteiger partial charge < -0.3 is 23.7 Å². The van der Waals surface area contributed by atoms with Gasteiger partial charge >= 0.3 is 11.9 Å². The van der Waals surface area contributed by atoms with E-state index in [1.807, 2.05) is 0 Å². The van der Waals surface area contributed by atoms with Gasteiger partial charge in [0.05, 0.1) is 0 Å². The van der Waals surface area contributed by atoms with Gasteiger partial charge in [-0.25, -0.2) is 0 Å². The highest BCUT2D eigenvalue weighted by molar-refractivity contribution is 5.85. The summed E-state index contributed by atoms with van der Waals surface area (Å²) in [4.78, 5) is 23.9. The molecule has 43 heavy (non-hydrogen) atoms. The topological polar surface area (TPSA) is 80.3 Å². The van der Waals surface area contributed by atoms with Gasteiger partial charge in [0.2, 0.25) is 0 Å². The predicted octanol–water partition coefficient (Wildman–Crippen LogP) is 10.2. The maximum absolute atomic E-state index is 11.9. The predicted molar refractivity (Wildman–Crippen MR) is 176 cm³/mol. The molecular formula is C36H70O7. The fraction of sp³-hybridized carbons (Fsp3) is 0.944. The number of carbonyl (C=O) groups excluding carboxylic acids is 2. The second-order valence-electron chi connectivity index (χ2n) is 12.2. The molecule has 0 saturated carbocycles. The molecule has 0 atom stereocenters. The lowest BCUT2D eigenvalue weighted by Gasteiger charge is -2.05. The molecule has 0 bridgehead atoms. The molecule has 256 valence electrons. The molecule has 0 fully saturated rings. The molecule has 7 nitrogen and oxygen atoms in total. The highest BCUT2D eigenvalue weighted by Gasteiger charge is 2.10. The third-order valence-corrected chi connectivity index (χ3v) is 7.97. The minimum Gasteiger partial charge on any atom is -0.393 e. The molecule has 0 aliphatic heterocycles. The van der Waals surface area contributed by atoms with E-state index < -0.39 is 0 Å². The summed E-state index contributed by atoms with van der Waals surface area (Å²) >= 11 is 0. The van der Waals surface area contributed by atoms with Crippen LogP contribution in [0.5, 0.6) is 0 Å². The highest BCUT2D eigenvalue weighted by atomic mass is 16.7. The van der Waals surface area contributed by atoms with Crippen LogP contribution in [0.25, 0.3) is 0 Å². The third kappa shape index (κ3) is 37.1. The van der Waals surface area contributed by atoms with Crippen LogP contribution >= 0.6 is 0 Å². The molecule has 0 aromatic rings. The Hall–Kier alpha value is -1.02. The van der Waals surface area contributed by atoms with Crippen LogP contribution < -0.4 is 0 Å². The number of esters is 2. The van der Waals surface area contributed by atoms with E-state index in [-0.39, 0.29) is 11.9 Å². The first-order valence-electron chi connectivity index (χ1n) is 18.1. The summed E-state index contributed by atoms with van der Waals surface area (Å²) < 4.78 is 25.3. The number of hydrogen-bond donors (Lipinski definition) is 0. The molecule has 0 heterocycles. The van der Waals surface area contributed by atoms with Crippen LogP contribution in [0.4, 0.5) is 0 Å². The zero-order chi connectivity index (χ0) is 31.3. The fourth-order valence-electron chi connectivity index (χ4n) is 5.35. The number of carbonyl (C=O) groups is 2. The van der Waals surface area contributed by atoms with E-state index >= 15 is 0 Å². The zero-order valence-corrected chi connectivity index (χ0v) is 28.5.